The van der Waals surface area contributed by atoms with Crippen LogP contribution in [0.2, 0.25) is 0 Å². The second kappa shape index (κ2) is 7.05. The van der Waals surface area contributed by atoms with Crippen molar-refractivity contribution in [2.75, 3.05) is 14.2 Å². The van der Waals surface area contributed by atoms with Gasteiger partial charge in [0.05, 0.1) is 19.8 Å². The van der Waals surface area contributed by atoms with Gasteiger partial charge in [0, 0.05) is 18.1 Å². The number of carbonyl (C=O) groups excluding carboxylic acids is 1. The molecule has 0 aliphatic carbocycles. The quantitative estimate of drug-likeness (QED) is 0.800. The number of carbonyl (C=O) groups is 1. The maximum Gasteiger partial charge on any atom is 0.166 e. The third kappa shape index (κ3) is 3.56. The lowest BCUT2D eigenvalue weighted by Gasteiger charge is -2.14. The molecule has 0 atom stereocenters. The highest BCUT2D eigenvalue weighted by Crippen LogP contribution is 2.32. The molecule has 0 saturated carbocycles. The van der Waals surface area contributed by atoms with E-state index in [9.17, 15) is 15.0 Å². The highest BCUT2D eigenvalue weighted by atomic mass is 16.5. The van der Waals surface area contributed by atoms with Gasteiger partial charge in [0.15, 0.2) is 5.78 Å². The fourth-order valence-corrected chi connectivity index (χ4v) is 2.57. The van der Waals surface area contributed by atoms with Gasteiger partial charge in [-0.05, 0) is 37.1 Å². The van der Waals surface area contributed by atoms with Crippen LogP contribution in [0, 0.1) is 6.92 Å². The molecule has 0 spiro atoms. The van der Waals surface area contributed by atoms with Crippen LogP contribution in [0.4, 0.5) is 0 Å². The molecule has 2 aromatic carbocycles. The van der Waals surface area contributed by atoms with Crippen LogP contribution in [0.3, 0.4) is 0 Å². The maximum atomic E-state index is 12.3. The molecule has 2 rings (SSSR count). The van der Waals surface area contributed by atoms with Crippen LogP contribution >= 0.6 is 0 Å². The number of methoxy groups -OCH3 is 2. The molecule has 2 N–H and O–H groups in total. The maximum absolute atomic E-state index is 12.3. The summed E-state index contributed by atoms with van der Waals surface area (Å²) in [6.07, 6.45) is 0.702. The van der Waals surface area contributed by atoms with Crippen LogP contribution in [0.15, 0.2) is 30.3 Å². The number of phenols is 2. The van der Waals surface area contributed by atoms with Crippen molar-refractivity contribution in [3.8, 4) is 23.0 Å². The highest BCUT2D eigenvalue weighted by molar-refractivity contribution is 5.98. The Morgan fingerprint density at radius 2 is 1.83 bits per heavy atom. The van der Waals surface area contributed by atoms with Gasteiger partial charge < -0.3 is 19.7 Å². The van der Waals surface area contributed by atoms with E-state index in [-0.39, 0.29) is 29.3 Å². The number of hydrogen-bond donors (Lipinski definition) is 2. The van der Waals surface area contributed by atoms with Gasteiger partial charge in [-0.25, -0.2) is 0 Å². The number of ketones is 1. The summed E-state index contributed by atoms with van der Waals surface area (Å²) in [6.45, 7) is 1.90. The molecule has 5 heteroatoms. The summed E-state index contributed by atoms with van der Waals surface area (Å²) < 4.78 is 10.7. The molecule has 0 aliphatic heterocycles. The summed E-state index contributed by atoms with van der Waals surface area (Å²) in [4.78, 5) is 12.3. The van der Waals surface area contributed by atoms with E-state index in [0.717, 1.165) is 22.9 Å². The highest BCUT2D eigenvalue weighted by Gasteiger charge is 2.15. The summed E-state index contributed by atoms with van der Waals surface area (Å²) >= 11 is 0. The molecule has 0 aromatic heterocycles. The number of aromatic hydroxyl groups is 2. The molecule has 0 amide bonds. The van der Waals surface area contributed by atoms with Crippen molar-refractivity contribution >= 4 is 5.78 Å². The lowest BCUT2D eigenvalue weighted by Crippen LogP contribution is -2.04. The Balaban J connectivity index is 2.17. The minimum atomic E-state index is -0.215. The van der Waals surface area contributed by atoms with Gasteiger partial charge in [-0.3, -0.25) is 4.79 Å². The van der Waals surface area contributed by atoms with Gasteiger partial charge in [0.25, 0.3) is 0 Å². The van der Waals surface area contributed by atoms with Crippen molar-refractivity contribution in [2.24, 2.45) is 0 Å². The topological polar surface area (TPSA) is 76.0 Å². The average molecular weight is 316 g/mol. The van der Waals surface area contributed by atoms with E-state index in [4.69, 9.17) is 9.47 Å². The lowest BCUT2D eigenvalue weighted by atomic mass is 9.99. The van der Waals surface area contributed by atoms with E-state index in [1.54, 1.807) is 14.2 Å². The van der Waals surface area contributed by atoms with E-state index in [2.05, 4.69) is 0 Å². The Kier molecular flexibility index (Phi) is 5.11. The predicted octanol–water partition coefficient (Wildman–Crippen LogP) is 3.24. The summed E-state index contributed by atoms with van der Waals surface area (Å²) in [7, 11) is 3.18. The van der Waals surface area contributed by atoms with Crippen molar-refractivity contribution in [3.63, 3.8) is 0 Å². The van der Waals surface area contributed by atoms with Gasteiger partial charge in [-0.15, -0.1) is 0 Å². The first-order valence-electron chi connectivity index (χ1n) is 7.23. The third-order valence-electron chi connectivity index (χ3n) is 3.76. The van der Waals surface area contributed by atoms with Gasteiger partial charge in [0.2, 0.25) is 0 Å². The standard InChI is InChI=1S/C18H20O5/c1-11-17(22-2)9-5-12(18(11)23-3)4-8-15(20)14-7-6-13(19)10-16(14)21/h5-7,9-10,19,21H,4,8H2,1-3H3. The Bertz CT molecular complexity index is 722. The van der Waals surface area contributed by atoms with Crippen LogP contribution in [0.25, 0.3) is 0 Å². The van der Waals surface area contributed by atoms with E-state index in [1.165, 1.54) is 12.1 Å². The first kappa shape index (κ1) is 16.7. The molecule has 0 radical (unpaired) electrons. The second-order valence-electron chi connectivity index (χ2n) is 5.21. The van der Waals surface area contributed by atoms with E-state index in [0.29, 0.717) is 12.2 Å². The fraction of sp³-hybridized carbons (Fsp3) is 0.278. The van der Waals surface area contributed by atoms with Crippen LogP contribution in [0.5, 0.6) is 23.0 Å². The van der Waals surface area contributed by atoms with E-state index < -0.39 is 0 Å². The third-order valence-corrected chi connectivity index (χ3v) is 3.76. The smallest absolute Gasteiger partial charge is 0.166 e. The minimum absolute atomic E-state index is 0.0773. The molecule has 0 aliphatic rings. The van der Waals surface area contributed by atoms with Crippen molar-refractivity contribution in [1.82, 2.24) is 0 Å². The molecule has 23 heavy (non-hydrogen) atoms. The Hall–Kier alpha value is -2.69. The van der Waals surface area contributed by atoms with Crippen molar-refractivity contribution < 1.29 is 24.5 Å². The number of Topliss-reactive ketones (excluding diaryl/α,β-unsaturated/α-hetero) is 1. The summed E-state index contributed by atoms with van der Waals surface area (Å²) in [5.74, 6) is 0.942. The predicted molar refractivity (Wildman–Crippen MR) is 86.7 cm³/mol. The Labute approximate surface area is 135 Å². The number of rotatable bonds is 6. The molecule has 0 unspecified atom stereocenters. The zero-order valence-corrected chi connectivity index (χ0v) is 13.4. The SMILES string of the molecule is COc1ccc(CCC(=O)c2ccc(O)cc2O)c(OC)c1C. The van der Waals surface area contributed by atoms with Crippen LogP contribution in [0.1, 0.15) is 27.9 Å². The summed E-state index contributed by atoms with van der Waals surface area (Å²) in [5.41, 5.74) is 1.98. The van der Waals surface area contributed by atoms with E-state index in [1.807, 2.05) is 19.1 Å². The fourth-order valence-electron chi connectivity index (χ4n) is 2.57. The molecule has 2 aromatic rings. The average Bonchev–Trinajstić information content (AvgIpc) is 2.52. The number of aryl methyl sites for hydroxylation is 1. The van der Waals surface area contributed by atoms with Gasteiger partial charge >= 0.3 is 0 Å². The van der Waals surface area contributed by atoms with Gasteiger partial charge in [0.1, 0.15) is 23.0 Å². The minimum Gasteiger partial charge on any atom is -0.508 e. The zero-order chi connectivity index (χ0) is 17.0. The van der Waals surface area contributed by atoms with Gasteiger partial charge in [-0.2, -0.15) is 0 Å². The lowest BCUT2D eigenvalue weighted by molar-refractivity contribution is 0.0980. The first-order valence-corrected chi connectivity index (χ1v) is 7.23. The number of benzene rings is 2. The van der Waals surface area contributed by atoms with Crippen LogP contribution in [-0.4, -0.2) is 30.2 Å². The normalized spacial score (nSPS) is 10.4. The van der Waals surface area contributed by atoms with Crippen molar-refractivity contribution in [1.29, 1.82) is 0 Å². The Morgan fingerprint density at radius 3 is 2.43 bits per heavy atom. The van der Waals surface area contributed by atoms with E-state index >= 15 is 0 Å². The number of hydrogen-bond acceptors (Lipinski definition) is 5. The van der Waals surface area contributed by atoms with Gasteiger partial charge in [-0.1, -0.05) is 6.07 Å². The largest absolute Gasteiger partial charge is 0.508 e. The molecule has 0 bridgehead atoms. The van der Waals surface area contributed by atoms with Crippen LogP contribution in [-0.2, 0) is 6.42 Å². The summed E-state index contributed by atoms with van der Waals surface area (Å²) in [6, 6.07) is 7.67. The first-order chi connectivity index (χ1) is 11.0. The number of phenolic OH excluding ortho intramolecular Hbond substituents is 2. The Morgan fingerprint density at radius 1 is 1.09 bits per heavy atom. The van der Waals surface area contributed by atoms with Crippen molar-refractivity contribution in [2.45, 2.75) is 19.8 Å². The monoisotopic (exact) mass is 316 g/mol. The zero-order valence-electron chi connectivity index (χ0n) is 13.4. The molecule has 122 valence electrons. The molecule has 0 saturated heterocycles. The molecular formula is C18H20O5. The molecule has 0 heterocycles. The molecular weight excluding hydrogens is 296 g/mol. The number of ether oxygens (including phenoxy) is 2. The molecule has 5 nitrogen and oxygen atoms in total. The molecule has 0 fully saturated rings. The second-order valence-corrected chi connectivity index (χ2v) is 5.21. The van der Waals surface area contributed by atoms with Crippen molar-refractivity contribution in [3.05, 3.63) is 47.0 Å². The van der Waals surface area contributed by atoms with Crippen LogP contribution < -0.4 is 9.47 Å². The summed E-state index contributed by atoms with van der Waals surface area (Å²) in [5, 5.41) is 19.0.